The Morgan fingerprint density at radius 1 is 1.17 bits per heavy atom. The van der Waals surface area contributed by atoms with Crippen LogP contribution in [0.25, 0.3) is 11.0 Å². The van der Waals surface area contributed by atoms with Gasteiger partial charge in [0.2, 0.25) is 0 Å². The second-order valence-electron chi connectivity index (χ2n) is 6.84. The van der Waals surface area contributed by atoms with Crippen LogP contribution in [0.4, 0.5) is 4.79 Å². The molecule has 9 heteroatoms. The first-order valence-electron chi connectivity index (χ1n) is 9.25. The van der Waals surface area contributed by atoms with Crippen molar-refractivity contribution < 1.29 is 14.3 Å². The summed E-state index contributed by atoms with van der Waals surface area (Å²) in [6.07, 6.45) is 1.52. The monoisotopic (exact) mass is 413 g/mol. The number of benzene rings is 1. The van der Waals surface area contributed by atoms with E-state index in [0.717, 1.165) is 5.56 Å². The van der Waals surface area contributed by atoms with Crippen molar-refractivity contribution in [3.63, 3.8) is 0 Å². The van der Waals surface area contributed by atoms with E-state index in [9.17, 15) is 9.59 Å². The molecule has 2 aromatic heterocycles. The molecule has 1 aliphatic heterocycles. The second kappa shape index (κ2) is 7.71. The molecule has 0 saturated carbocycles. The minimum Gasteiger partial charge on any atom is -0.443 e. The van der Waals surface area contributed by atoms with Gasteiger partial charge in [-0.2, -0.15) is 5.10 Å². The smallest absolute Gasteiger partial charge is 0.429 e. The summed E-state index contributed by atoms with van der Waals surface area (Å²) in [5.74, 6) is -0.387. The number of hydrazine groups is 1. The van der Waals surface area contributed by atoms with Crippen LogP contribution in [0.3, 0.4) is 0 Å². The molecule has 1 saturated heterocycles. The van der Waals surface area contributed by atoms with Crippen molar-refractivity contribution >= 4 is 34.6 Å². The molecule has 0 spiro atoms. The van der Waals surface area contributed by atoms with Crippen LogP contribution in [0.2, 0.25) is 5.02 Å². The summed E-state index contributed by atoms with van der Waals surface area (Å²) in [6, 6.07) is 9.39. The van der Waals surface area contributed by atoms with Gasteiger partial charge in [-0.15, -0.1) is 0 Å². The summed E-state index contributed by atoms with van der Waals surface area (Å²) in [4.78, 5) is 30.0. The van der Waals surface area contributed by atoms with Crippen LogP contribution in [0.1, 0.15) is 28.0 Å². The molecule has 0 atom stereocenters. The third-order valence-electron chi connectivity index (χ3n) is 4.88. The fraction of sp³-hybridized carbons (Fsp3) is 0.300. The Bertz CT molecular complexity index is 1080. The number of carbonyl (C=O) groups is 2. The van der Waals surface area contributed by atoms with Gasteiger partial charge in [0.1, 0.15) is 6.61 Å². The van der Waals surface area contributed by atoms with Gasteiger partial charge >= 0.3 is 6.09 Å². The van der Waals surface area contributed by atoms with Gasteiger partial charge in [0.25, 0.3) is 5.91 Å². The van der Waals surface area contributed by atoms with Crippen molar-refractivity contribution in [2.75, 3.05) is 13.1 Å². The van der Waals surface area contributed by atoms with Crippen LogP contribution < -0.4 is 0 Å². The maximum Gasteiger partial charge on any atom is 0.429 e. The summed E-state index contributed by atoms with van der Waals surface area (Å²) in [6.45, 7) is 2.76. The van der Waals surface area contributed by atoms with Crippen LogP contribution in [0, 0.1) is 6.92 Å². The van der Waals surface area contributed by atoms with Gasteiger partial charge in [-0.25, -0.2) is 19.8 Å². The molecule has 29 heavy (non-hydrogen) atoms. The highest BCUT2D eigenvalue weighted by Crippen LogP contribution is 2.30. The van der Waals surface area contributed by atoms with E-state index in [1.165, 1.54) is 16.2 Å². The van der Waals surface area contributed by atoms with E-state index in [1.807, 2.05) is 37.3 Å². The number of ether oxygens (including phenoxy) is 1. The average molecular weight is 414 g/mol. The van der Waals surface area contributed by atoms with Gasteiger partial charge in [0.15, 0.2) is 5.65 Å². The van der Waals surface area contributed by atoms with Crippen LogP contribution in [-0.2, 0) is 18.4 Å². The highest BCUT2D eigenvalue weighted by atomic mass is 35.5. The molecule has 1 aliphatic rings. The lowest BCUT2D eigenvalue weighted by Crippen LogP contribution is -2.45. The number of aryl methyl sites for hydroxylation is 2. The lowest BCUT2D eigenvalue weighted by molar-refractivity contribution is 0.0111. The van der Waals surface area contributed by atoms with E-state index in [1.54, 1.807) is 11.7 Å². The minimum absolute atomic E-state index is 0.140. The number of aromatic nitrogens is 3. The first kappa shape index (κ1) is 19.2. The summed E-state index contributed by atoms with van der Waals surface area (Å²) in [5.41, 5.74) is 2.40. The topological polar surface area (TPSA) is 80.6 Å². The van der Waals surface area contributed by atoms with Crippen molar-refractivity contribution in [2.24, 2.45) is 7.05 Å². The predicted molar refractivity (Wildman–Crippen MR) is 107 cm³/mol. The third kappa shape index (κ3) is 3.51. The van der Waals surface area contributed by atoms with Gasteiger partial charge < -0.3 is 4.74 Å². The Labute approximate surface area is 172 Å². The molecule has 3 heterocycles. The summed E-state index contributed by atoms with van der Waals surface area (Å²) < 4.78 is 7.00. The number of amides is 2. The van der Waals surface area contributed by atoms with Crippen molar-refractivity contribution in [3.05, 3.63) is 58.4 Å². The quantitative estimate of drug-likeness (QED) is 0.658. The number of rotatable bonds is 3. The first-order chi connectivity index (χ1) is 14.0. The van der Waals surface area contributed by atoms with Gasteiger partial charge in [-0.3, -0.25) is 9.48 Å². The lowest BCUT2D eigenvalue weighted by Gasteiger charge is -2.27. The maximum absolute atomic E-state index is 13.1. The van der Waals surface area contributed by atoms with E-state index in [0.29, 0.717) is 36.2 Å². The number of pyridine rings is 1. The molecular weight excluding hydrogens is 394 g/mol. The van der Waals surface area contributed by atoms with Crippen LogP contribution in [0.5, 0.6) is 0 Å². The maximum atomic E-state index is 13.1. The van der Waals surface area contributed by atoms with E-state index in [-0.39, 0.29) is 23.1 Å². The Hall–Kier alpha value is -3.13. The number of hydrogen-bond acceptors (Lipinski definition) is 5. The molecule has 0 aliphatic carbocycles. The predicted octanol–water partition coefficient (Wildman–Crippen LogP) is 3.33. The number of hydrogen-bond donors (Lipinski definition) is 0. The van der Waals surface area contributed by atoms with Crippen LogP contribution in [0.15, 0.2) is 36.5 Å². The van der Waals surface area contributed by atoms with Gasteiger partial charge in [0.05, 0.1) is 21.7 Å². The van der Waals surface area contributed by atoms with Crippen LogP contribution >= 0.6 is 11.6 Å². The zero-order valence-electron chi connectivity index (χ0n) is 16.1. The Balaban J connectivity index is 1.55. The average Bonchev–Trinajstić information content (AvgIpc) is 3.32. The molecule has 0 bridgehead atoms. The molecule has 8 nitrogen and oxygen atoms in total. The molecule has 150 valence electrons. The van der Waals surface area contributed by atoms with Gasteiger partial charge in [-0.05, 0) is 18.9 Å². The Morgan fingerprint density at radius 2 is 1.90 bits per heavy atom. The van der Waals surface area contributed by atoms with Crippen molar-refractivity contribution in [3.8, 4) is 0 Å². The summed E-state index contributed by atoms with van der Waals surface area (Å²) >= 11 is 6.53. The van der Waals surface area contributed by atoms with Gasteiger partial charge in [-0.1, -0.05) is 41.9 Å². The second-order valence-corrected chi connectivity index (χ2v) is 7.22. The Morgan fingerprint density at radius 3 is 2.66 bits per heavy atom. The number of carbonyl (C=O) groups excluding carboxylic acids is 2. The SMILES string of the molecule is Cc1nn(C)c2ncc(C(=O)N3CCCN3C(=O)OCc3ccccc3)c(Cl)c12. The van der Waals surface area contributed by atoms with Crippen LogP contribution in [-0.4, -0.2) is 49.9 Å². The van der Waals surface area contributed by atoms with Gasteiger partial charge in [0, 0.05) is 26.3 Å². The summed E-state index contributed by atoms with van der Waals surface area (Å²) in [5, 5.41) is 7.92. The number of halogens is 1. The molecular formula is C20H20ClN5O3. The summed E-state index contributed by atoms with van der Waals surface area (Å²) in [7, 11) is 1.77. The molecule has 2 amide bonds. The standard InChI is InChI=1S/C20H20ClN5O3/c1-13-16-17(21)15(11-22-18(16)24(2)23-13)19(27)25-9-6-10-26(25)20(28)29-12-14-7-4-3-5-8-14/h3-5,7-8,11H,6,9-10,12H2,1-2H3. The highest BCUT2D eigenvalue weighted by Gasteiger charge is 2.34. The minimum atomic E-state index is -0.567. The van der Waals surface area contributed by atoms with E-state index in [4.69, 9.17) is 16.3 Å². The van der Waals surface area contributed by atoms with Crippen molar-refractivity contribution in [1.29, 1.82) is 0 Å². The van der Waals surface area contributed by atoms with E-state index < -0.39 is 6.09 Å². The highest BCUT2D eigenvalue weighted by molar-refractivity contribution is 6.38. The van der Waals surface area contributed by atoms with E-state index >= 15 is 0 Å². The normalized spacial score (nSPS) is 13.9. The number of fused-ring (bicyclic) bond motifs is 1. The first-order valence-corrected chi connectivity index (χ1v) is 9.63. The molecule has 0 radical (unpaired) electrons. The molecule has 3 aromatic rings. The van der Waals surface area contributed by atoms with Crippen molar-refractivity contribution in [1.82, 2.24) is 24.8 Å². The zero-order valence-corrected chi connectivity index (χ0v) is 16.9. The molecule has 4 rings (SSSR count). The van der Waals surface area contributed by atoms with Crippen molar-refractivity contribution in [2.45, 2.75) is 20.0 Å². The number of nitrogens with zero attached hydrogens (tertiary/aromatic N) is 5. The molecule has 1 fully saturated rings. The fourth-order valence-corrected chi connectivity index (χ4v) is 3.81. The van der Waals surface area contributed by atoms with E-state index in [2.05, 4.69) is 10.1 Å². The largest absolute Gasteiger partial charge is 0.443 e. The zero-order chi connectivity index (χ0) is 20.5. The Kier molecular flexibility index (Phi) is 5.10. The molecule has 0 N–H and O–H groups in total. The fourth-order valence-electron chi connectivity index (χ4n) is 3.46. The molecule has 0 unspecified atom stereocenters. The molecule has 1 aromatic carbocycles. The lowest BCUT2D eigenvalue weighted by atomic mass is 10.2. The third-order valence-corrected chi connectivity index (χ3v) is 5.27.